The number of benzene rings is 2. The van der Waals surface area contributed by atoms with E-state index in [0.717, 1.165) is 26.8 Å². The SMILES string of the molecule is O=C(/C=C/c1ccc(OCc2ccccc2Cl)cc1)Nc1nnc(-c2cccs2)s1. The minimum atomic E-state index is -0.261. The Kier molecular flexibility index (Phi) is 6.53. The molecule has 0 aliphatic carbocycles. The van der Waals surface area contributed by atoms with Crippen molar-refractivity contribution in [1.82, 2.24) is 10.2 Å². The zero-order chi connectivity index (χ0) is 20.8. The first kappa shape index (κ1) is 20.3. The zero-order valence-electron chi connectivity index (χ0n) is 15.6. The first-order chi connectivity index (χ1) is 14.7. The van der Waals surface area contributed by atoms with Gasteiger partial charge in [0.2, 0.25) is 11.0 Å². The van der Waals surface area contributed by atoms with Crippen molar-refractivity contribution < 1.29 is 9.53 Å². The van der Waals surface area contributed by atoms with Gasteiger partial charge in [-0.3, -0.25) is 10.1 Å². The molecule has 1 N–H and O–H groups in total. The molecule has 0 bridgehead atoms. The Hall–Kier alpha value is -3.00. The number of hydrogen-bond donors (Lipinski definition) is 1. The van der Waals surface area contributed by atoms with Crippen molar-refractivity contribution in [3.8, 4) is 15.6 Å². The normalized spacial score (nSPS) is 11.0. The molecule has 1 amide bonds. The second-order valence-electron chi connectivity index (χ2n) is 6.16. The van der Waals surface area contributed by atoms with E-state index in [1.807, 2.05) is 66.0 Å². The summed E-state index contributed by atoms with van der Waals surface area (Å²) in [6.45, 7) is 0.395. The highest BCUT2D eigenvalue weighted by Gasteiger charge is 2.08. The summed E-state index contributed by atoms with van der Waals surface area (Å²) in [4.78, 5) is 13.2. The number of aromatic nitrogens is 2. The molecule has 4 aromatic rings. The van der Waals surface area contributed by atoms with Gasteiger partial charge in [0.15, 0.2) is 5.01 Å². The Balaban J connectivity index is 1.30. The maximum atomic E-state index is 12.1. The molecule has 0 spiro atoms. The van der Waals surface area contributed by atoms with Crippen LogP contribution in [0.5, 0.6) is 5.75 Å². The number of carbonyl (C=O) groups is 1. The average Bonchev–Trinajstić information content (AvgIpc) is 3.44. The smallest absolute Gasteiger partial charge is 0.250 e. The number of rotatable bonds is 7. The standard InChI is InChI=1S/C22H16ClN3O2S2/c23-18-5-2-1-4-16(18)14-28-17-10-7-15(8-11-17)9-12-20(27)24-22-26-25-21(30-22)19-6-3-13-29-19/h1-13H,14H2,(H,24,26,27)/b12-9+. The summed E-state index contributed by atoms with van der Waals surface area (Å²) < 4.78 is 5.76. The molecule has 0 radical (unpaired) electrons. The number of thiophene rings is 1. The summed E-state index contributed by atoms with van der Waals surface area (Å²) in [5, 5.41) is 14.8. The Morgan fingerprint density at radius 2 is 1.90 bits per heavy atom. The minimum Gasteiger partial charge on any atom is -0.489 e. The summed E-state index contributed by atoms with van der Waals surface area (Å²) in [5.74, 6) is 0.467. The molecule has 30 heavy (non-hydrogen) atoms. The predicted octanol–water partition coefficient (Wildman–Crippen LogP) is 6.15. The van der Waals surface area contributed by atoms with Crippen LogP contribution in [0.3, 0.4) is 0 Å². The highest BCUT2D eigenvalue weighted by Crippen LogP contribution is 2.29. The topological polar surface area (TPSA) is 64.1 Å². The highest BCUT2D eigenvalue weighted by molar-refractivity contribution is 7.23. The van der Waals surface area contributed by atoms with Crippen molar-refractivity contribution in [2.75, 3.05) is 5.32 Å². The molecule has 0 atom stereocenters. The van der Waals surface area contributed by atoms with Gasteiger partial charge >= 0.3 is 0 Å². The number of nitrogens with one attached hydrogen (secondary N) is 1. The fourth-order valence-electron chi connectivity index (χ4n) is 2.54. The molecule has 0 saturated heterocycles. The van der Waals surface area contributed by atoms with Crippen LogP contribution in [0, 0.1) is 0 Å². The lowest BCUT2D eigenvalue weighted by Gasteiger charge is -2.07. The Morgan fingerprint density at radius 3 is 2.67 bits per heavy atom. The van der Waals surface area contributed by atoms with Crippen LogP contribution in [0.4, 0.5) is 5.13 Å². The third kappa shape index (κ3) is 5.33. The van der Waals surface area contributed by atoms with Crippen molar-refractivity contribution in [3.63, 3.8) is 0 Å². The predicted molar refractivity (Wildman–Crippen MR) is 123 cm³/mol. The van der Waals surface area contributed by atoms with Crippen LogP contribution in [-0.2, 0) is 11.4 Å². The van der Waals surface area contributed by atoms with E-state index >= 15 is 0 Å². The van der Waals surface area contributed by atoms with Crippen molar-refractivity contribution >= 4 is 51.4 Å². The lowest BCUT2D eigenvalue weighted by atomic mass is 10.2. The molecule has 0 aliphatic rings. The van der Waals surface area contributed by atoms with E-state index in [4.69, 9.17) is 16.3 Å². The maximum absolute atomic E-state index is 12.1. The summed E-state index contributed by atoms with van der Waals surface area (Å²) in [6.07, 6.45) is 3.19. The molecule has 0 unspecified atom stereocenters. The number of ether oxygens (including phenoxy) is 1. The highest BCUT2D eigenvalue weighted by atomic mass is 35.5. The van der Waals surface area contributed by atoms with E-state index in [1.54, 1.807) is 17.4 Å². The van der Waals surface area contributed by atoms with Crippen molar-refractivity contribution in [1.29, 1.82) is 0 Å². The lowest BCUT2D eigenvalue weighted by molar-refractivity contribution is -0.111. The summed E-state index contributed by atoms with van der Waals surface area (Å²) in [7, 11) is 0. The summed E-state index contributed by atoms with van der Waals surface area (Å²) in [5.41, 5.74) is 1.81. The van der Waals surface area contributed by atoms with Gasteiger partial charge in [0.25, 0.3) is 0 Å². The third-order valence-corrected chi connectivity index (χ3v) is 6.29. The largest absolute Gasteiger partial charge is 0.489 e. The van der Waals surface area contributed by atoms with E-state index < -0.39 is 0 Å². The maximum Gasteiger partial charge on any atom is 0.250 e. The van der Waals surface area contributed by atoms with Crippen LogP contribution in [0.25, 0.3) is 16.0 Å². The van der Waals surface area contributed by atoms with Crippen molar-refractivity contribution in [2.45, 2.75) is 6.61 Å². The van der Waals surface area contributed by atoms with Gasteiger partial charge in [-0.1, -0.05) is 59.3 Å². The van der Waals surface area contributed by atoms with Gasteiger partial charge in [-0.25, -0.2) is 0 Å². The van der Waals surface area contributed by atoms with Gasteiger partial charge in [-0.2, -0.15) is 0 Å². The van der Waals surface area contributed by atoms with Crippen LogP contribution >= 0.6 is 34.3 Å². The molecule has 8 heteroatoms. The first-order valence-electron chi connectivity index (χ1n) is 9.00. The van der Waals surface area contributed by atoms with E-state index in [1.165, 1.54) is 17.4 Å². The lowest BCUT2D eigenvalue weighted by Crippen LogP contribution is -2.07. The fraction of sp³-hybridized carbons (Fsp3) is 0.0455. The van der Waals surface area contributed by atoms with Crippen LogP contribution < -0.4 is 10.1 Å². The van der Waals surface area contributed by atoms with Gasteiger partial charge in [-0.15, -0.1) is 21.5 Å². The van der Waals surface area contributed by atoms with E-state index in [9.17, 15) is 4.79 Å². The van der Waals surface area contributed by atoms with E-state index in [-0.39, 0.29) is 5.91 Å². The number of hydrogen-bond acceptors (Lipinski definition) is 6. The van der Waals surface area contributed by atoms with Gasteiger partial charge < -0.3 is 4.74 Å². The second-order valence-corrected chi connectivity index (χ2v) is 8.49. The molecular formula is C22H16ClN3O2S2. The average molecular weight is 454 g/mol. The molecule has 2 aromatic carbocycles. The second kappa shape index (κ2) is 9.67. The third-order valence-electron chi connectivity index (χ3n) is 4.05. The van der Waals surface area contributed by atoms with Gasteiger partial charge in [0, 0.05) is 16.7 Å². The molecule has 0 fully saturated rings. The van der Waals surface area contributed by atoms with Crippen LogP contribution in [0.1, 0.15) is 11.1 Å². The Labute approximate surface area is 186 Å². The number of carbonyl (C=O) groups excluding carboxylic acids is 1. The molecule has 4 rings (SSSR count). The Bertz CT molecular complexity index is 1160. The monoisotopic (exact) mass is 453 g/mol. The summed E-state index contributed by atoms with van der Waals surface area (Å²) >= 11 is 9.07. The number of nitrogens with zero attached hydrogens (tertiary/aromatic N) is 2. The van der Waals surface area contributed by atoms with Gasteiger partial charge in [0.1, 0.15) is 12.4 Å². The molecule has 0 saturated carbocycles. The molecule has 5 nitrogen and oxygen atoms in total. The van der Waals surface area contributed by atoms with E-state index in [0.29, 0.717) is 16.8 Å². The fourth-order valence-corrected chi connectivity index (χ4v) is 4.27. The minimum absolute atomic E-state index is 0.261. The quantitative estimate of drug-likeness (QED) is 0.341. The molecular weight excluding hydrogens is 438 g/mol. The number of anilines is 1. The van der Waals surface area contributed by atoms with Gasteiger partial charge in [-0.05, 0) is 41.3 Å². The molecule has 2 heterocycles. The van der Waals surface area contributed by atoms with Gasteiger partial charge in [0.05, 0.1) is 4.88 Å². The van der Waals surface area contributed by atoms with E-state index in [2.05, 4.69) is 15.5 Å². The number of amides is 1. The zero-order valence-corrected chi connectivity index (χ0v) is 18.0. The molecule has 0 aliphatic heterocycles. The van der Waals surface area contributed by atoms with Crippen LogP contribution in [0.15, 0.2) is 72.1 Å². The van der Waals surface area contributed by atoms with Crippen molar-refractivity contribution in [2.24, 2.45) is 0 Å². The number of halogens is 1. The first-order valence-corrected chi connectivity index (χ1v) is 11.1. The molecule has 2 aromatic heterocycles. The summed E-state index contributed by atoms with van der Waals surface area (Å²) in [6, 6.07) is 19.0. The van der Waals surface area contributed by atoms with Crippen LogP contribution in [-0.4, -0.2) is 16.1 Å². The Morgan fingerprint density at radius 1 is 1.07 bits per heavy atom. The van der Waals surface area contributed by atoms with Crippen LogP contribution in [0.2, 0.25) is 5.02 Å². The molecule has 150 valence electrons. The van der Waals surface area contributed by atoms with Crippen molar-refractivity contribution in [3.05, 3.63) is 88.3 Å².